The van der Waals surface area contributed by atoms with E-state index in [0.29, 0.717) is 19.5 Å². The number of imidazole rings is 1. The van der Waals surface area contributed by atoms with Gasteiger partial charge in [-0.25, -0.2) is 9.78 Å². The van der Waals surface area contributed by atoms with E-state index in [1.165, 1.54) is 0 Å². The number of urea groups is 1. The Bertz CT molecular complexity index is 711. The van der Waals surface area contributed by atoms with Crippen LogP contribution in [0, 0.1) is 0 Å². The summed E-state index contributed by atoms with van der Waals surface area (Å²) in [5.41, 5.74) is 2.81. The smallest absolute Gasteiger partial charge is 0.315 e. The molecule has 1 aromatic heterocycles. The Hall–Kier alpha value is -2.83. The van der Waals surface area contributed by atoms with Crippen molar-refractivity contribution in [2.24, 2.45) is 0 Å². The molecule has 3 N–H and O–H groups in total. The van der Waals surface area contributed by atoms with Crippen molar-refractivity contribution in [3.05, 3.63) is 48.0 Å². The second-order valence-corrected chi connectivity index (χ2v) is 5.56. The molecule has 2 aromatic rings. The fourth-order valence-corrected chi connectivity index (χ4v) is 2.57. The van der Waals surface area contributed by atoms with E-state index in [4.69, 9.17) is 0 Å². The molecular formula is C16H19N5O2. The summed E-state index contributed by atoms with van der Waals surface area (Å²) in [5.74, 6) is 0.00927. The van der Waals surface area contributed by atoms with Gasteiger partial charge in [-0.1, -0.05) is 12.1 Å². The van der Waals surface area contributed by atoms with Gasteiger partial charge in [0.1, 0.15) is 0 Å². The van der Waals surface area contributed by atoms with Crippen LogP contribution in [0.15, 0.2) is 36.9 Å². The summed E-state index contributed by atoms with van der Waals surface area (Å²) in [6.07, 6.45) is 5.66. The van der Waals surface area contributed by atoms with Gasteiger partial charge in [0.05, 0.1) is 18.8 Å². The molecule has 1 aliphatic rings. The van der Waals surface area contributed by atoms with Crippen LogP contribution in [0.2, 0.25) is 0 Å². The molecule has 2 heterocycles. The number of rotatable bonds is 5. The average Bonchev–Trinajstić information content (AvgIpc) is 3.14. The van der Waals surface area contributed by atoms with Crippen molar-refractivity contribution in [2.75, 3.05) is 11.9 Å². The molecule has 120 valence electrons. The molecule has 0 aliphatic carbocycles. The maximum absolute atomic E-state index is 11.9. The third kappa shape index (κ3) is 3.68. The van der Waals surface area contributed by atoms with Gasteiger partial charge in [-0.3, -0.25) is 4.79 Å². The minimum Gasteiger partial charge on any atom is -0.336 e. The van der Waals surface area contributed by atoms with Crippen LogP contribution in [0.25, 0.3) is 0 Å². The van der Waals surface area contributed by atoms with E-state index in [1.807, 2.05) is 35.9 Å². The van der Waals surface area contributed by atoms with Crippen LogP contribution < -0.4 is 16.0 Å². The van der Waals surface area contributed by atoms with E-state index in [0.717, 1.165) is 16.8 Å². The predicted molar refractivity (Wildman–Crippen MR) is 86.0 cm³/mol. The van der Waals surface area contributed by atoms with Crippen LogP contribution in [-0.2, 0) is 17.8 Å². The lowest BCUT2D eigenvalue weighted by molar-refractivity contribution is -0.115. The molecule has 7 heteroatoms. The number of nitrogens with one attached hydrogen (secondary N) is 3. The summed E-state index contributed by atoms with van der Waals surface area (Å²) in [7, 11) is 0. The fraction of sp³-hybridized carbons (Fsp3) is 0.312. The van der Waals surface area contributed by atoms with Crippen LogP contribution >= 0.6 is 0 Å². The Morgan fingerprint density at radius 1 is 1.48 bits per heavy atom. The van der Waals surface area contributed by atoms with Gasteiger partial charge in [-0.15, -0.1) is 0 Å². The maximum Gasteiger partial charge on any atom is 0.315 e. The highest BCUT2D eigenvalue weighted by atomic mass is 16.2. The molecule has 0 saturated heterocycles. The van der Waals surface area contributed by atoms with Crippen molar-refractivity contribution in [2.45, 2.75) is 25.9 Å². The van der Waals surface area contributed by atoms with E-state index in [2.05, 4.69) is 20.9 Å². The SMILES string of the molecule is C[C@H](NC(=O)NCCn1ccnc1)c1ccc2c(c1)CC(=O)N2. The zero-order valence-electron chi connectivity index (χ0n) is 12.9. The molecule has 0 spiro atoms. The molecule has 0 fully saturated rings. The molecule has 0 unspecified atom stereocenters. The van der Waals surface area contributed by atoms with Crippen LogP contribution in [0.5, 0.6) is 0 Å². The molecule has 7 nitrogen and oxygen atoms in total. The van der Waals surface area contributed by atoms with E-state index < -0.39 is 0 Å². The largest absolute Gasteiger partial charge is 0.336 e. The maximum atomic E-state index is 11.9. The highest BCUT2D eigenvalue weighted by Gasteiger charge is 2.19. The Morgan fingerprint density at radius 2 is 2.35 bits per heavy atom. The molecule has 1 aliphatic heterocycles. The third-order valence-electron chi connectivity index (χ3n) is 3.82. The van der Waals surface area contributed by atoms with Crippen molar-refractivity contribution >= 4 is 17.6 Å². The van der Waals surface area contributed by atoms with Crippen molar-refractivity contribution in [1.82, 2.24) is 20.2 Å². The molecule has 1 aromatic carbocycles. The number of carbonyl (C=O) groups is 2. The molecule has 0 radical (unpaired) electrons. The van der Waals surface area contributed by atoms with E-state index in [1.54, 1.807) is 12.5 Å². The quantitative estimate of drug-likeness (QED) is 0.780. The standard InChI is InChI=1S/C16H19N5O2/c1-11(12-2-3-14-13(8-12)9-15(22)20-14)19-16(23)18-5-7-21-6-4-17-10-21/h2-4,6,8,10-11H,5,7,9H2,1H3,(H,20,22)(H2,18,19,23)/t11-/m0/s1. The molecule has 0 saturated carbocycles. The number of carbonyl (C=O) groups excluding carboxylic acids is 2. The number of hydrogen-bond acceptors (Lipinski definition) is 3. The van der Waals surface area contributed by atoms with Crippen LogP contribution in [-0.4, -0.2) is 28.0 Å². The number of fused-ring (bicyclic) bond motifs is 1. The number of nitrogens with zero attached hydrogens (tertiary/aromatic N) is 2. The number of anilines is 1. The summed E-state index contributed by atoms with van der Waals surface area (Å²) < 4.78 is 1.90. The minimum atomic E-state index is -0.215. The number of aromatic nitrogens is 2. The fourth-order valence-electron chi connectivity index (χ4n) is 2.57. The summed E-state index contributed by atoms with van der Waals surface area (Å²) >= 11 is 0. The zero-order chi connectivity index (χ0) is 16.2. The molecule has 3 rings (SSSR count). The second kappa shape index (κ2) is 6.51. The molecule has 23 heavy (non-hydrogen) atoms. The summed E-state index contributed by atoms with van der Waals surface area (Å²) in [6.45, 7) is 3.12. The van der Waals surface area contributed by atoms with Crippen molar-refractivity contribution in [1.29, 1.82) is 0 Å². The van der Waals surface area contributed by atoms with Gasteiger partial charge < -0.3 is 20.5 Å². The first-order valence-corrected chi connectivity index (χ1v) is 7.54. The number of amides is 3. The van der Waals surface area contributed by atoms with Gasteiger partial charge >= 0.3 is 6.03 Å². The first-order chi connectivity index (χ1) is 11.1. The lowest BCUT2D eigenvalue weighted by atomic mass is 10.0. The Morgan fingerprint density at radius 3 is 3.13 bits per heavy atom. The van der Waals surface area contributed by atoms with Crippen molar-refractivity contribution in [3.8, 4) is 0 Å². The summed E-state index contributed by atoms with van der Waals surface area (Å²) in [6, 6.07) is 5.41. The first kappa shape index (κ1) is 15.1. The molecule has 1 atom stereocenters. The topological polar surface area (TPSA) is 88.1 Å². The number of hydrogen-bond donors (Lipinski definition) is 3. The van der Waals surface area contributed by atoms with Gasteiger partial charge in [0.2, 0.25) is 5.91 Å². The Kier molecular flexibility index (Phi) is 4.27. The Labute approximate surface area is 134 Å². The van der Waals surface area contributed by atoms with Gasteiger partial charge in [0.15, 0.2) is 0 Å². The van der Waals surface area contributed by atoms with Gasteiger partial charge in [-0.05, 0) is 24.1 Å². The summed E-state index contributed by atoms with van der Waals surface area (Å²) in [5, 5.41) is 8.51. The average molecular weight is 313 g/mol. The summed E-state index contributed by atoms with van der Waals surface area (Å²) in [4.78, 5) is 27.3. The second-order valence-electron chi connectivity index (χ2n) is 5.56. The predicted octanol–water partition coefficient (Wildman–Crippen LogP) is 1.44. The van der Waals surface area contributed by atoms with Gasteiger partial charge in [0, 0.05) is 31.2 Å². The van der Waals surface area contributed by atoms with Crippen molar-refractivity contribution < 1.29 is 9.59 Å². The molecule has 0 bridgehead atoms. The van der Waals surface area contributed by atoms with E-state index in [-0.39, 0.29) is 18.0 Å². The number of benzene rings is 1. The molecule has 3 amide bonds. The van der Waals surface area contributed by atoms with Gasteiger partial charge in [-0.2, -0.15) is 0 Å². The van der Waals surface area contributed by atoms with Gasteiger partial charge in [0.25, 0.3) is 0 Å². The van der Waals surface area contributed by atoms with Crippen LogP contribution in [0.4, 0.5) is 10.5 Å². The van der Waals surface area contributed by atoms with E-state index in [9.17, 15) is 9.59 Å². The van der Waals surface area contributed by atoms with E-state index >= 15 is 0 Å². The molecular weight excluding hydrogens is 294 g/mol. The van der Waals surface area contributed by atoms with Crippen LogP contribution in [0.3, 0.4) is 0 Å². The highest BCUT2D eigenvalue weighted by molar-refractivity contribution is 5.99. The minimum absolute atomic E-state index is 0.00927. The Balaban J connectivity index is 1.50. The third-order valence-corrected chi connectivity index (χ3v) is 3.82. The highest BCUT2D eigenvalue weighted by Crippen LogP contribution is 2.26. The normalized spacial score (nSPS) is 14.0. The zero-order valence-corrected chi connectivity index (χ0v) is 12.9. The van der Waals surface area contributed by atoms with Crippen LogP contribution in [0.1, 0.15) is 24.1 Å². The first-order valence-electron chi connectivity index (χ1n) is 7.54. The lowest BCUT2D eigenvalue weighted by Gasteiger charge is -2.16. The van der Waals surface area contributed by atoms with Crippen molar-refractivity contribution in [3.63, 3.8) is 0 Å². The monoisotopic (exact) mass is 313 g/mol. The lowest BCUT2D eigenvalue weighted by Crippen LogP contribution is -2.38.